The van der Waals surface area contributed by atoms with E-state index in [0.717, 1.165) is 16.5 Å². The minimum absolute atomic E-state index is 0.146. The third kappa shape index (κ3) is 3.57. The van der Waals surface area contributed by atoms with Crippen molar-refractivity contribution in [3.8, 4) is 5.75 Å². The van der Waals surface area contributed by atoms with Crippen LogP contribution in [0.3, 0.4) is 0 Å². The van der Waals surface area contributed by atoms with Crippen LogP contribution in [0.25, 0.3) is 22.7 Å². The summed E-state index contributed by atoms with van der Waals surface area (Å²) in [6.07, 6.45) is 1.54. The van der Waals surface area contributed by atoms with Gasteiger partial charge in [-0.25, -0.2) is 12.4 Å². The number of aromatic nitrogens is 1. The highest BCUT2D eigenvalue weighted by Gasteiger charge is 2.24. The predicted molar refractivity (Wildman–Crippen MR) is 119 cm³/mol. The van der Waals surface area contributed by atoms with E-state index in [9.17, 15) is 13.5 Å². The molecule has 0 saturated carbocycles. The molecule has 0 spiro atoms. The quantitative estimate of drug-likeness (QED) is 0.449. The van der Waals surface area contributed by atoms with Crippen LogP contribution in [0.15, 0.2) is 83.8 Å². The Morgan fingerprint density at radius 3 is 2.30 bits per heavy atom. The molecule has 4 rings (SSSR count). The molecule has 0 fully saturated rings. The van der Waals surface area contributed by atoms with Gasteiger partial charge in [0.2, 0.25) is 0 Å². The number of para-hydroxylation sites is 1. The Kier molecular flexibility index (Phi) is 5.10. The number of benzene rings is 3. The predicted octanol–water partition coefficient (Wildman–Crippen LogP) is 5.25. The van der Waals surface area contributed by atoms with Crippen molar-refractivity contribution in [2.75, 3.05) is 7.11 Å². The summed E-state index contributed by atoms with van der Waals surface area (Å²) in [6.45, 7) is 1.90. The second-order valence-electron chi connectivity index (χ2n) is 6.97. The van der Waals surface area contributed by atoms with Crippen LogP contribution < -0.4 is 4.74 Å². The first kappa shape index (κ1) is 19.8. The summed E-state index contributed by atoms with van der Waals surface area (Å²) in [6, 6.07) is 22.6. The van der Waals surface area contributed by atoms with Crippen LogP contribution in [0.2, 0.25) is 0 Å². The van der Waals surface area contributed by atoms with Gasteiger partial charge in [0, 0.05) is 5.39 Å². The fourth-order valence-electron chi connectivity index (χ4n) is 3.31. The third-order valence-corrected chi connectivity index (χ3v) is 6.65. The van der Waals surface area contributed by atoms with Crippen molar-refractivity contribution < 1.29 is 18.3 Å². The van der Waals surface area contributed by atoms with Crippen molar-refractivity contribution in [1.29, 1.82) is 0 Å². The van der Waals surface area contributed by atoms with Gasteiger partial charge in [-0.2, -0.15) is 0 Å². The van der Waals surface area contributed by atoms with Crippen LogP contribution in [0, 0.1) is 6.92 Å². The molecular weight excluding hydrogens is 398 g/mol. The summed E-state index contributed by atoms with van der Waals surface area (Å²) in [5, 5.41) is 11.6. The minimum atomic E-state index is -3.92. The second-order valence-corrected chi connectivity index (χ2v) is 8.76. The van der Waals surface area contributed by atoms with Gasteiger partial charge < -0.3 is 9.84 Å². The van der Waals surface area contributed by atoms with Crippen LogP contribution in [-0.4, -0.2) is 24.6 Å². The molecular formula is C24H21NO4S. The molecule has 0 saturated heterocycles. The zero-order valence-electron chi connectivity index (χ0n) is 16.6. The molecule has 1 aromatic heterocycles. The number of aliphatic hydroxyl groups excluding tert-OH is 1. The van der Waals surface area contributed by atoms with Gasteiger partial charge in [0.15, 0.2) is 0 Å². The van der Waals surface area contributed by atoms with Crippen molar-refractivity contribution in [3.63, 3.8) is 0 Å². The van der Waals surface area contributed by atoms with E-state index in [1.807, 2.05) is 19.1 Å². The number of nitrogens with zero attached hydrogens (tertiary/aromatic N) is 1. The van der Waals surface area contributed by atoms with Crippen LogP contribution in [0.1, 0.15) is 16.8 Å². The van der Waals surface area contributed by atoms with Gasteiger partial charge in [0.1, 0.15) is 11.5 Å². The number of ether oxygens (including phenoxy) is 1. The van der Waals surface area contributed by atoms with E-state index in [0.29, 0.717) is 11.3 Å². The largest absolute Gasteiger partial charge is 0.506 e. The van der Waals surface area contributed by atoms with Crippen LogP contribution in [-0.2, 0) is 10.0 Å². The van der Waals surface area contributed by atoms with Gasteiger partial charge in [-0.1, -0.05) is 48.0 Å². The molecule has 0 amide bonds. The maximum absolute atomic E-state index is 13.5. The first-order valence-electron chi connectivity index (χ1n) is 9.38. The molecule has 30 heavy (non-hydrogen) atoms. The highest BCUT2D eigenvalue weighted by Crippen LogP contribution is 2.30. The summed E-state index contributed by atoms with van der Waals surface area (Å²) in [7, 11) is -2.34. The van der Waals surface area contributed by atoms with E-state index in [1.165, 1.54) is 10.0 Å². The van der Waals surface area contributed by atoms with Crippen molar-refractivity contribution in [3.05, 3.63) is 95.7 Å². The molecule has 5 nitrogen and oxygen atoms in total. The first-order chi connectivity index (χ1) is 14.4. The number of aryl methyl sites for hydroxylation is 1. The maximum atomic E-state index is 13.5. The lowest BCUT2D eigenvalue weighted by Gasteiger charge is -2.12. The molecule has 1 N–H and O–H groups in total. The topological polar surface area (TPSA) is 68.5 Å². The van der Waals surface area contributed by atoms with Gasteiger partial charge >= 0.3 is 0 Å². The molecule has 0 aliphatic carbocycles. The molecule has 0 bridgehead atoms. The molecule has 1 heterocycles. The number of methoxy groups -OCH3 is 1. The fraction of sp³-hybridized carbons (Fsp3) is 0.0833. The minimum Gasteiger partial charge on any atom is -0.506 e. The van der Waals surface area contributed by atoms with E-state index in [1.54, 1.807) is 73.8 Å². The highest BCUT2D eigenvalue weighted by atomic mass is 32.2. The molecule has 0 unspecified atom stereocenters. The number of fused-ring (bicyclic) bond motifs is 1. The highest BCUT2D eigenvalue weighted by molar-refractivity contribution is 7.90. The Balaban J connectivity index is 1.90. The number of hydrogen-bond acceptors (Lipinski definition) is 4. The first-order valence-corrected chi connectivity index (χ1v) is 10.8. The zero-order valence-corrected chi connectivity index (χ0v) is 17.4. The molecule has 0 atom stereocenters. The Morgan fingerprint density at radius 1 is 0.967 bits per heavy atom. The summed E-state index contributed by atoms with van der Waals surface area (Å²) in [4.78, 5) is 0.160. The maximum Gasteiger partial charge on any atom is 0.268 e. The lowest BCUT2D eigenvalue weighted by atomic mass is 10.1. The number of hydrogen-bond donors (Lipinski definition) is 1. The van der Waals surface area contributed by atoms with E-state index in [-0.39, 0.29) is 16.3 Å². The van der Waals surface area contributed by atoms with Crippen LogP contribution >= 0.6 is 0 Å². The Bertz CT molecular complexity index is 1330. The van der Waals surface area contributed by atoms with Gasteiger partial charge in [-0.3, -0.25) is 0 Å². The normalized spacial score (nSPS) is 12.3. The number of aliphatic hydroxyl groups is 1. The lowest BCUT2D eigenvalue weighted by molar-refractivity contribution is 0.415. The van der Waals surface area contributed by atoms with Gasteiger partial charge in [0.05, 0.1) is 23.2 Å². The van der Waals surface area contributed by atoms with Gasteiger partial charge in [0.25, 0.3) is 10.0 Å². The summed E-state index contributed by atoms with van der Waals surface area (Å²) >= 11 is 0. The average Bonchev–Trinajstić information content (AvgIpc) is 3.15. The van der Waals surface area contributed by atoms with Crippen molar-refractivity contribution in [2.45, 2.75) is 11.8 Å². The van der Waals surface area contributed by atoms with E-state index >= 15 is 0 Å². The van der Waals surface area contributed by atoms with Gasteiger partial charge in [-0.05, 0) is 55.0 Å². The van der Waals surface area contributed by atoms with Crippen molar-refractivity contribution in [2.24, 2.45) is 0 Å². The summed E-state index contributed by atoms with van der Waals surface area (Å²) < 4.78 is 33.3. The summed E-state index contributed by atoms with van der Waals surface area (Å²) in [5.74, 6) is 0.551. The fourth-order valence-corrected chi connectivity index (χ4v) is 4.84. The third-order valence-electron chi connectivity index (χ3n) is 4.91. The second kappa shape index (κ2) is 7.72. The SMILES string of the molecule is COc1ccc(/C=C(\O)c2cc3ccccc3n2S(=O)(=O)c2ccc(C)cc2)cc1. The van der Waals surface area contributed by atoms with Crippen molar-refractivity contribution >= 4 is 32.8 Å². The molecule has 0 radical (unpaired) electrons. The van der Waals surface area contributed by atoms with E-state index < -0.39 is 10.0 Å². The number of rotatable bonds is 5. The van der Waals surface area contributed by atoms with Gasteiger partial charge in [-0.15, -0.1) is 0 Å². The molecule has 0 aliphatic heterocycles. The summed E-state index contributed by atoms with van der Waals surface area (Å²) in [5.41, 5.74) is 2.39. The Labute approximate surface area is 175 Å². The van der Waals surface area contributed by atoms with Crippen molar-refractivity contribution in [1.82, 2.24) is 3.97 Å². The monoisotopic (exact) mass is 419 g/mol. The van der Waals surface area contributed by atoms with E-state index in [2.05, 4.69) is 0 Å². The zero-order chi connectivity index (χ0) is 21.3. The Morgan fingerprint density at radius 2 is 1.63 bits per heavy atom. The molecule has 3 aromatic carbocycles. The molecule has 152 valence electrons. The van der Waals surface area contributed by atoms with Crippen LogP contribution in [0.4, 0.5) is 0 Å². The molecule has 0 aliphatic rings. The van der Waals surface area contributed by atoms with Crippen LogP contribution in [0.5, 0.6) is 5.75 Å². The average molecular weight is 420 g/mol. The van der Waals surface area contributed by atoms with E-state index in [4.69, 9.17) is 4.74 Å². The molecule has 6 heteroatoms. The molecule has 4 aromatic rings. The standard InChI is InChI=1S/C24H21NO4S/c1-17-7-13-21(14-8-17)30(27,28)25-22-6-4-3-5-19(22)16-23(25)24(26)15-18-9-11-20(29-2)12-10-18/h3-16,26H,1-2H3/b24-15-. The Hall–Kier alpha value is -3.51. The lowest BCUT2D eigenvalue weighted by Crippen LogP contribution is -2.15. The smallest absolute Gasteiger partial charge is 0.268 e.